The normalized spacial score (nSPS) is 20.7. The summed E-state index contributed by atoms with van der Waals surface area (Å²) in [5, 5.41) is 11.5. The number of rotatable bonds is 5. The second-order valence-electron chi connectivity index (χ2n) is 5.65. The average molecular weight is 315 g/mol. The molecule has 2 aromatic rings. The van der Waals surface area contributed by atoms with Crippen LogP contribution in [-0.2, 0) is 4.74 Å². The van der Waals surface area contributed by atoms with Crippen molar-refractivity contribution in [3.63, 3.8) is 0 Å². The van der Waals surface area contributed by atoms with Crippen molar-refractivity contribution in [1.82, 2.24) is 25.1 Å². The van der Waals surface area contributed by atoms with Crippen molar-refractivity contribution in [2.45, 2.75) is 32.4 Å². The van der Waals surface area contributed by atoms with Gasteiger partial charge in [0.15, 0.2) is 0 Å². The predicted octanol–water partition coefficient (Wildman–Crippen LogP) is 0.984. The van der Waals surface area contributed by atoms with Crippen molar-refractivity contribution in [3.8, 4) is 0 Å². The van der Waals surface area contributed by atoms with Gasteiger partial charge in [0, 0.05) is 26.4 Å². The summed E-state index contributed by atoms with van der Waals surface area (Å²) in [5.41, 5.74) is 1.73. The maximum absolute atomic E-state index is 5.52. The third-order valence-electron chi connectivity index (χ3n) is 4.16. The molecule has 1 aliphatic heterocycles. The van der Waals surface area contributed by atoms with E-state index in [1.807, 2.05) is 19.9 Å². The first-order valence-electron chi connectivity index (χ1n) is 7.64. The molecular weight excluding hydrogens is 294 g/mol. The zero-order valence-electron chi connectivity index (χ0n) is 13.6. The van der Waals surface area contributed by atoms with Gasteiger partial charge in [-0.1, -0.05) is 0 Å². The maximum Gasteiger partial charge on any atom is 0.243 e. The van der Waals surface area contributed by atoms with Crippen LogP contribution in [0.5, 0.6) is 0 Å². The van der Waals surface area contributed by atoms with Crippen LogP contribution in [0.2, 0.25) is 0 Å². The van der Waals surface area contributed by atoms with Gasteiger partial charge in [0.1, 0.15) is 12.1 Å². The Balaban J connectivity index is 1.70. The number of ether oxygens (including phenoxy) is 1. The fraction of sp³-hybridized carbons (Fsp3) is 0.533. The highest BCUT2D eigenvalue weighted by molar-refractivity contribution is 5.41. The van der Waals surface area contributed by atoms with Gasteiger partial charge in [-0.05, 0) is 26.3 Å². The van der Waals surface area contributed by atoms with Gasteiger partial charge < -0.3 is 15.0 Å². The quantitative estimate of drug-likeness (QED) is 0.873. The Morgan fingerprint density at radius 1 is 1.30 bits per heavy atom. The lowest BCUT2D eigenvalue weighted by atomic mass is 10.2. The summed E-state index contributed by atoms with van der Waals surface area (Å²) < 4.78 is 5.52. The second kappa shape index (κ2) is 6.82. The first-order chi connectivity index (χ1) is 11.2. The largest absolute Gasteiger partial charge is 0.380 e. The average Bonchev–Trinajstić information content (AvgIpc) is 3.00. The summed E-state index contributed by atoms with van der Waals surface area (Å²) in [4.78, 5) is 15.0. The fourth-order valence-corrected chi connectivity index (χ4v) is 2.71. The molecule has 0 saturated carbocycles. The van der Waals surface area contributed by atoms with E-state index in [-0.39, 0.29) is 12.1 Å². The molecule has 0 bridgehead atoms. The number of nitrogens with one attached hydrogen (secondary N) is 1. The third-order valence-corrected chi connectivity index (χ3v) is 4.16. The molecular formula is C15H21N7O. The lowest BCUT2D eigenvalue weighted by molar-refractivity contribution is 0.118. The monoisotopic (exact) mass is 315 g/mol. The van der Waals surface area contributed by atoms with Crippen LogP contribution in [0.15, 0.2) is 18.6 Å². The summed E-state index contributed by atoms with van der Waals surface area (Å²) >= 11 is 0. The Morgan fingerprint density at radius 2 is 2.17 bits per heavy atom. The first kappa shape index (κ1) is 15.5. The van der Waals surface area contributed by atoms with Gasteiger partial charge >= 0.3 is 0 Å². The minimum Gasteiger partial charge on any atom is -0.380 e. The maximum atomic E-state index is 5.52. The van der Waals surface area contributed by atoms with Crippen molar-refractivity contribution in [3.05, 3.63) is 30.0 Å². The molecule has 0 amide bonds. The number of methoxy groups -OCH3 is 1. The molecule has 0 spiro atoms. The van der Waals surface area contributed by atoms with E-state index in [2.05, 4.69) is 35.4 Å². The van der Waals surface area contributed by atoms with Crippen LogP contribution in [0.1, 0.15) is 17.8 Å². The standard InChI is InChI=1S/C15H21N7O/c1-10-11(2)20-21-15(19-10)17-7-12-6-13(23-3)8-22(12)14-4-5-16-9-18-14/h4-5,9,12-13H,6-8H2,1-3H3,(H,17,19,21)/t12-,13-/m1/s1. The molecule has 0 aliphatic carbocycles. The third kappa shape index (κ3) is 3.53. The molecule has 8 nitrogen and oxygen atoms in total. The van der Waals surface area contributed by atoms with E-state index < -0.39 is 0 Å². The number of nitrogens with zero attached hydrogens (tertiary/aromatic N) is 6. The minimum atomic E-state index is 0.190. The zero-order valence-corrected chi connectivity index (χ0v) is 13.6. The predicted molar refractivity (Wildman–Crippen MR) is 86.4 cm³/mol. The summed E-state index contributed by atoms with van der Waals surface area (Å²) in [6.45, 7) is 5.34. The number of anilines is 2. The SMILES string of the molecule is CO[C@@H]1C[C@H](CNc2nnc(C)c(C)n2)N(c2ccncn2)C1. The molecule has 0 unspecified atom stereocenters. The molecule has 0 radical (unpaired) electrons. The molecule has 3 rings (SSSR count). The van der Waals surface area contributed by atoms with Gasteiger partial charge in [-0.2, -0.15) is 5.10 Å². The number of aryl methyl sites for hydroxylation is 2. The van der Waals surface area contributed by atoms with Crippen molar-refractivity contribution < 1.29 is 4.74 Å². The van der Waals surface area contributed by atoms with Crippen molar-refractivity contribution >= 4 is 11.8 Å². The summed E-state index contributed by atoms with van der Waals surface area (Å²) in [5.74, 6) is 1.46. The van der Waals surface area contributed by atoms with E-state index in [1.165, 1.54) is 0 Å². The molecule has 3 heterocycles. The Hall–Kier alpha value is -2.35. The lowest BCUT2D eigenvalue weighted by Gasteiger charge is -2.25. The van der Waals surface area contributed by atoms with Gasteiger partial charge in [-0.15, -0.1) is 5.10 Å². The van der Waals surface area contributed by atoms with Crippen LogP contribution >= 0.6 is 0 Å². The molecule has 1 saturated heterocycles. The van der Waals surface area contributed by atoms with Crippen LogP contribution in [0.25, 0.3) is 0 Å². The van der Waals surface area contributed by atoms with E-state index in [0.717, 1.165) is 30.2 Å². The van der Waals surface area contributed by atoms with Gasteiger partial charge in [-0.3, -0.25) is 0 Å². The highest BCUT2D eigenvalue weighted by Gasteiger charge is 2.33. The van der Waals surface area contributed by atoms with Crippen LogP contribution in [0.4, 0.5) is 11.8 Å². The second-order valence-corrected chi connectivity index (χ2v) is 5.65. The highest BCUT2D eigenvalue weighted by Crippen LogP contribution is 2.25. The lowest BCUT2D eigenvalue weighted by Crippen LogP contribution is -2.36. The molecule has 1 aliphatic rings. The van der Waals surface area contributed by atoms with E-state index in [4.69, 9.17) is 4.74 Å². The molecule has 8 heteroatoms. The molecule has 1 fully saturated rings. The van der Waals surface area contributed by atoms with E-state index in [0.29, 0.717) is 12.5 Å². The van der Waals surface area contributed by atoms with Crippen molar-refractivity contribution in [2.75, 3.05) is 30.4 Å². The topological polar surface area (TPSA) is 89.0 Å². The molecule has 2 atom stereocenters. The van der Waals surface area contributed by atoms with Crippen LogP contribution in [-0.4, -0.2) is 57.5 Å². The van der Waals surface area contributed by atoms with Gasteiger partial charge in [-0.25, -0.2) is 15.0 Å². The minimum absolute atomic E-state index is 0.190. The Bertz CT molecular complexity index is 652. The Labute approximate surface area is 135 Å². The van der Waals surface area contributed by atoms with Crippen LogP contribution < -0.4 is 10.2 Å². The Kier molecular flexibility index (Phi) is 4.61. The molecule has 122 valence electrons. The number of hydrogen-bond donors (Lipinski definition) is 1. The number of hydrogen-bond acceptors (Lipinski definition) is 8. The van der Waals surface area contributed by atoms with Gasteiger partial charge in [0.25, 0.3) is 0 Å². The van der Waals surface area contributed by atoms with Gasteiger partial charge in [0.05, 0.1) is 23.5 Å². The van der Waals surface area contributed by atoms with E-state index in [1.54, 1.807) is 19.6 Å². The molecule has 23 heavy (non-hydrogen) atoms. The van der Waals surface area contributed by atoms with Crippen molar-refractivity contribution in [2.24, 2.45) is 0 Å². The summed E-state index contributed by atoms with van der Waals surface area (Å²) in [6.07, 6.45) is 4.43. The van der Waals surface area contributed by atoms with Crippen LogP contribution in [0, 0.1) is 13.8 Å². The summed E-state index contributed by atoms with van der Waals surface area (Å²) in [6, 6.07) is 2.17. The molecule has 2 aromatic heterocycles. The Morgan fingerprint density at radius 3 is 2.87 bits per heavy atom. The van der Waals surface area contributed by atoms with Crippen LogP contribution in [0.3, 0.4) is 0 Å². The van der Waals surface area contributed by atoms with E-state index in [9.17, 15) is 0 Å². The fourth-order valence-electron chi connectivity index (χ4n) is 2.71. The zero-order chi connectivity index (χ0) is 16.2. The number of aromatic nitrogens is 5. The molecule has 1 N–H and O–H groups in total. The van der Waals surface area contributed by atoms with Gasteiger partial charge in [0.2, 0.25) is 5.95 Å². The highest BCUT2D eigenvalue weighted by atomic mass is 16.5. The van der Waals surface area contributed by atoms with Crippen molar-refractivity contribution in [1.29, 1.82) is 0 Å². The first-order valence-corrected chi connectivity index (χ1v) is 7.64. The van der Waals surface area contributed by atoms with E-state index >= 15 is 0 Å². The smallest absolute Gasteiger partial charge is 0.243 e. The summed E-state index contributed by atoms with van der Waals surface area (Å²) in [7, 11) is 1.75. The molecule has 0 aromatic carbocycles.